The Morgan fingerprint density at radius 1 is 1.47 bits per heavy atom. The molecule has 7 heteroatoms. The molecule has 4 N–H and O–H groups in total. The standard InChI is InChI=1S/C10H14N4O3/c11-6-1-3-14(4-2-6)9(15)7-8(10(16)17)13-5-12-7/h5-6H,1-4,11H2,(H,12,13)(H,16,17). The molecule has 0 spiro atoms. The molecule has 92 valence electrons. The number of nitrogens with zero attached hydrogens (tertiary/aromatic N) is 2. The number of nitrogens with two attached hydrogens (primary N) is 1. The molecule has 1 aromatic heterocycles. The van der Waals surface area contributed by atoms with Crippen LogP contribution in [-0.2, 0) is 0 Å². The lowest BCUT2D eigenvalue weighted by atomic mass is 10.1. The Morgan fingerprint density at radius 2 is 2.12 bits per heavy atom. The Labute approximate surface area is 97.6 Å². The number of carboxylic acids is 1. The summed E-state index contributed by atoms with van der Waals surface area (Å²) in [5, 5.41) is 8.88. The first kappa shape index (κ1) is 11.6. The summed E-state index contributed by atoms with van der Waals surface area (Å²) in [7, 11) is 0. The third kappa shape index (κ3) is 2.28. The van der Waals surface area contributed by atoms with Crippen LogP contribution < -0.4 is 5.73 Å². The maximum absolute atomic E-state index is 12.0. The minimum atomic E-state index is -1.18. The van der Waals surface area contributed by atoms with Crippen molar-refractivity contribution in [2.45, 2.75) is 18.9 Å². The molecule has 1 aliphatic heterocycles. The Kier molecular flexibility index (Phi) is 3.10. The minimum absolute atomic E-state index is 0.0343. The van der Waals surface area contributed by atoms with Crippen LogP contribution in [0.5, 0.6) is 0 Å². The van der Waals surface area contributed by atoms with E-state index in [1.807, 2.05) is 0 Å². The number of amides is 1. The number of rotatable bonds is 2. The lowest BCUT2D eigenvalue weighted by Gasteiger charge is -2.29. The number of aromatic amines is 1. The number of carbonyl (C=O) groups excluding carboxylic acids is 1. The van der Waals surface area contributed by atoms with Crippen LogP contribution in [0.25, 0.3) is 0 Å². The fraction of sp³-hybridized carbons (Fsp3) is 0.500. The van der Waals surface area contributed by atoms with E-state index in [0.29, 0.717) is 13.1 Å². The number of aromatic carboxylic acids is 1. The van der Waals surface area contributed by atoms with Crippen LogP contribution in [0.2, 0.25) is 0 Å². The molecule has 17 heavy (non-hydrogen) atoms. The molecule has 0 saturated carbocycles. The molecule has 7 nitrogen and oxygen atoms in total. The number of hydrogen-bond donors (Lipinski definition) is 3. The van der Waals surface area contributed by atoms with Gasteiger partial charge in [-0.15, -0.1) is 0 Å². The molecule has 0 bridgehead atoms. The second kappa shape index (κ2) is 4.54. The van der Waals surface area contributed by atoms with Gasteiger partial charge in [0.1, 0.15) is 0 Å². The van der Waals surface area contributed by atoms with Crippen molar-refractivity contribution in [3.63, 3.8) is 0 Å². The van der Waals surface area contributed by atoms with E-state index in [9.17, 15) is 9.59 Å². The fourth-order valence-corrected chi connectivity index (χ4v) is 1.87. The molecule has 1 aliphatic rings. The SMILES string of the molecule is NC1CCN(C(=O)c2nc[nH]c2C(=O)O)CC1. The van der Waals surface area contributed by atoms with Crippen molar-refractivity contribution in [1.82, 2.24) is 14.9 Å². The lowest BCUT2D eigenvalue weighted by molar-refractivity contribution is 0.0655. The number of nitrogens with one attached hydrogen (secondary N) is 1. The van der Waals surface area contributed by atoms with Crippen LogP contribution in [0.3, 0.4) is 0 Å². The molecule has 1 amide bonds. The van der Waals surface area contributed by atoms with Gasteiger partial charge in [0.05, 0.1) is 6.33 Å². The van der Waals surface area contributed by atoms with Gasteiger partial charge in [0.25, 0.3) is 5.91 Å². The van der Waals surface area contributed by atoms with Crippen molar-refractivity contribution >= 4 is 11.9 Å². The van der Waals surface area contributed by atoms with Crippen molar-refractivity contribution in [2.75, 3.05) is 13.1 Å². The zero-order chi connectivity index (χ0) is 12.4. The van der Waals surface area contributed by atoms with Crippen LogP contribution in [0.15, 0.2) is 6.33 Å². The number of hydrogen-bond acceptors (Lipinski definition) is 4. The first-order valence-electron chi connectivity index (χ1n) is 5.41. The zero-order valence-electron chi connectivity index (χ0n) is 9.22. The fourth-order valence-electron chi connectivity index (χ4n) is 1.87. The maximum Gasteiger partial charge on any atom is 0.354 e. The first-order valence-corrected chi connectivity index (χ1v) is 5.41. The molecule has 1 saturated heterocycles. The van der Waals surface area contributed by atoms with E-state index in [2.05, 4.69) is 9.97 Å². The lowest BCUT2D eigenvalue weighted by Crippen LogP contribution is -2.43. The average Bonchev–Trinajstić information content (AvgIpc) is 2.78. The normalized spacial score (nSPS) is 17.1. The van der Waals surface area contributed by atoms with E-state index in [4.69, 9.17) is 10.8 Å². The van der Waals surface area contributed by atoms with E-state index in [0.717, 1.165) is 12.8 Å². The van der Waals surface area contributed by atoms with Crippen LogP contribution >= 0.6 is 0 Å². The number of imidazole rings is 1. The Hall–Kier alpha value is -1.89. The van der Waals surface area contributed by atoms with E-state index in [1.165, 1.54) is 6.33 Å². The van der Waals surface area contributed by atoms with Gasteiger partial charge in [-0.3, -0.25) is 4.79 Å². The van der Waals surface area contributed by atoms with E-state index in [-0.39, 0.29) is 23.3 Å². The van der Waals surface area contributed by atoms with Crippen LogP contribution in [-0.4, -0.2) is 51.0 Å². The molecule has 0 unspecified atom stereocenters. The summed E-state index contributed by atoms with van der Waals surface area (Å²) in [6, 6.07) is 0.122. The molecule has 1 aromatic rings. The number of likely N-dealkylation sites (tertiary alicyclic amines) is 1. The van der Waals surface area contributed by atoms with Crippen molar-refractivity contribution in [3.8, 4) is 0 Å². The summed E-state index contributed by atoms with van der Waals surface area (Å²) < 4.78 is 0. The second-order valence-electron chi connectivity index (χ2n) is 4.06. The summed E-state index contributed by atoms with van der Waals surface area (Å²) in [4.78, 5) is 30.7. The molecule has 2 rings (SSSR count). The third-order valence-corrected chi connectivity index (χ3v) is 2.88. The highest BCUT2D eigenvalue weighted by Crippen LogP contribution is 2.13. The van der Waals surface area contributed by atoms with E-state index >= 15 is 0 Å². The average molecular weight is 238 g/mol. The highest BCUT2D eigenvalue weighted by atomic mass is 16.4. The molecule has 0 atom stereocenters. The second-order valence-corrected chi connectivity index (χ2v) is 4.06. The summed E-state index contributed by atoms with van der Waals surface area (Å²) in [6.45, 7) is 1.10. The number of H-pyrrole nitrogens is 1. The predicted octanol–water partition coefficient (Wildman–Crippen LogP) is -0.329. The van der Waals surface area contributed by atoms with E-state index < -0.39 is 5.97 Å². The summed E-state index contributed by atoms with van der Waals surface area (Å²) in [6.07, 6.45) is 2.68. The van der Waals surface area contributed by atoms with Gasteiger partial charge in [0.15, 0.2) is 11.4 Å². The maximum atomic E-state index is 12.0. The molecule has 1 fully saturated rings. The molecule has 0 aromatic carbocycles. The van der Waals surface area contributed by atoms with Gasteiger partial charge < -0.3 is 20.7 Å². The third-order valence-electron chi connectivity index (χ3n) is 2.88. The minimum Gasteiger partial charge on any atom is -0.477 e. The quantitative estimate of drug-likeness (QED) is 0.653. The van der Waals surface area contributed by atoms with Crippen molar-refractivity contribution in [1.29, 1.82) is 0 Å². The van der Waals surface area contributed by atoms with Crippen molar-refractivity contribution < 1.29 is 14.7 Å². The number of carbonyl (C=O) groups is 2. The first-order chi connectivity index (χ1) is 8.09. The molecule has 2 heterocycles. The zero-order valence-corrected chi connectivity index (χ0v) is 9.22. The largest absolute Gasteiger partial charge is 0.477 e. The number of aromatic nitrogens is 2. The van der Waals surface area contributed by atoms with Gasteiger partial charge in [-0.2, -0.15) is 0 Å². The van der Waals surface area contributed by atoms with Gasteiger partial charge in [-0.25, -0.2) is 9.78 Å². The summed E-state index contributed by atoms with van der Waals surface area (Å²) >= 11 is 0. The van der Waals surface area contributed by atoms with E-state index in [1.54, 1.807) is 4.90 Å². The molecular weight excluding hydrogens is 224 g/mol. The molecule has 0 aliphatic carbocycles. The van der Waals surface area contributed by atoms with Crippen LogP contribution in [0.1, 0.15) is 33.8 Å². The van der Waals surface area contributed by atoms with Gasteiger partial charge in [-0.1, -0.05) is 0 Å². The van der Waals surface area contributed by atoms with Gasteiger partial charge in [0, 0.05) is 19.1 Å². The summed E-state index contributed by atoms with van der Waals surface area (Å²) in [5.74, 6) is -1.53. The number of piperidine rings is 1. The smallest absolute Gasteiger partial charge is 0.354 e. The van der Waals surface area contributed by atoms with Gasteiger partial charge in [-0.05, 0) is 12.8 Å². The molecular formula is C10H14N4O3. The van der Waals surface area contributed by atoms with Crippen LogP contribution in [0, 0.1) is 0 Å². The van der Waals surface area contributed by atoms with Gasteiger partial charge >= 0.3 is 5.97 Å². The van der Waals surface area contributed by atoms with Crippen molar-refractivity contribution in [2.24, 2.45) is 5.73 Å². The summed E-state index contributed by atoms with van der Waals surface area (Å²) in [5.41, 5.74) is 5.54. The Bertz CT molecular complexity index is 435. The topological polar surface area (TPSA) is 112 Å². The highest BCUT2D eigenvalue weighted by Gasteiger charge is 2.27. The number of carboxylic acid groups (broad SMARTS) is 1. The molecule has 0 radical (unpaired) electrons. The predicted molar refractivity (Wildman–Crippen MR) is 58.7 cm³/mol. The van der Waals surface area contributed by atoms with Crippen LogP contribution in [0.4, 0.5) is 0 Å². The Morgan fingerprint density at radius 3 is 2.71 bits per heavy atom. The van der Waals surface area contributed by atoms with Gasteiger partial charge in [0.2, 0.25) is 0 Å². The highest BCUT2D eigenvalue weighted by molar-refractivity contribution is 6.02. The monoisotopic (exact) mass is 238 g/mol. The van der Waals surface area contributed by atoms with Crippen molar-refractivity contribution in [3.05, 3.63) is 17.7 Å². The Balaban J connectivity index is 2.14.